The Hall–Kier alpha value is -3.63. The summed E-state index contributed by atoms with van der Waals surface area (Å²) >= 11 is 1.56. The summed E-state index contributed by atoms with van der Waals surface area (Å²) in [5.74, 6) is 1.21. The number of methoxy groups -OCH3 is 2. The molecule has 1 unspecified atom stereocenters. The third-order valence-corrected chi connectivity index (χ3v) is 7.70. The maximum Gasteiger partial charge on any atom is 0.247 e. The van der Waals surface area contributed by atoms with E-state index in [4.69, 9.17) is 14.6 Å². The molecule has 180 valence electrons. The van der Waals surface area contributed by atoms with Crippen molar-refractivity contribution in [2.45, 2.75) is 12.5 Å². The van der Waals surface area contributed by atoms with Crippen LogP contribution in [-0.2, 0) is 10.0 Å². The van der Waals surface area contributed by atoms with Crippen molar-refractivity contribution in [1.82, 2.24) is 14.2 Å². The molecule has 0 amide bonds. The van der Waals surface area contributed by atoms with Gasteiger partial charge < -0.3 is 9.47 Å². The van der Waals surface area contributed by atoms with E-state index in [2.05, 4.69) is 5.10 Å². The van der Waals surface area contributed by atoms with Crippen LogP contribution in [0, 0.1) is 0 Å². The largest absolute Gasteiger partial charge is 0.497 e. The number of hydrazone groups is 1. The van der Waals surface area contributed by atoms with E-state index < -0.39 is 16.1 Å². The average Bonchev–Trinajstić information content (AvgIpc) is 3.62. The van der Waals surface area contributed by atoms with Crippen LogP contribution in [0.15, 0.2) is 77.3 Å². The second-order valence-corrected chi connectivity index (χ2v) is 10.8. The summed E-state index contributed by atoms with van der Waals surface area (Å²) in [7, 11) is -0.517. The van der Waals surface area contributed by atoms with Crippen LogP contribution in [0.4, 0.5) is 0 Å². The summed E-state index contributed by atoms with van der Waals surface area (Å²) < 4.78 is 39.6. The van der Waals surface area contributed by atoms with Crippen LogP contribution in [0.2, 0.25) is 0 Å². The highest BCUT2D eigenvalue weighted by Gasteiger charge is 2.38. The second-order valence-electron chi connectivity index (χ2n) is 8.06. The Labute approximate surface area is 208 Å². The van der Waals surface area contributed by atoms with Crippen LogP contribution >= 0.6 is 11.3 Å². The van der Waals surface area contributed by atoms with Crippen molar-refractivity contribution >= 4 is 27.1 Å². The van der Waals surface area contributed by atoms with Gasteiger partial charge in [-0.1, -0.05) is 24.3 Å². The molecule has 2 aromatic heterocycles. The summed E-state index contributed by atoms with van der Waals surface area (Å²) in [6.45, 7) is 0. The molecule has 0 N–H and O–H groups in total. The van der Waals surface area contributed by atoms with Gasteiger partial charge in [-0.05, 0) is 35.7 Å². The molecule has 8 nitrogen and oxygen atoms in total. The number of nitrogens with zero attached hydrogens (tertiary/aromatic N) is 4. The summed E-state index contributed by atoms with van der Waals surface area (Å²) in [6.07, 6.45) is 3.44. The zero-order valence-electron chi connectivity index (χ0n) is 19.5. The van der Waals surface area contributed by atoms with E-state index in [1.54, 1.807) is 36.3 Å². The maximum absolute atomic E-state index is 12.9. The molecule has 0 saturated heterocycles. The smallest absolute Gasteiger partial charge is 0.247 e. The Kier molecular flexibility index (Phi) is 6.08. The van der Waals surface area contributed by atoms with Crippen molar-refractivity contribution in [3.05, 3.63) is 83.4 Å². The number of rotatable bonds is 7. The van der Waals surface area contributed by atoms with Gasteiger partial charge >= 0.3 is 0 Å². The molecule has 1 aliphatic heterocycles. The zero-order valence-corrected chi connectivity index (χ0v) is 21.1. The molecule has 0 radical (unpaired) electrons. The number of ether oxygens (including phenoxy) is 2. The van der Waals surface area contributed by atoms with Gasteiger partial charge in [0.25, 0.3) is 0 Å². The van der Waals surface area contributed by atoms with E-state index in [-0.39, 0.29) is 0 Å². The molecule has 2 aromatic carbocycles. The minimum Gasteiger partial charge on any atom is -0.497 e. The average molecular weight is 509 g/mol. The quantitative estimate of drug-likeness (QED) is 0.360. The fraction of sp³-hybridized carbons (Fsp3) is 0.200. The first-order chi connectivity index (χ1) is 16.9. The number of aromatic nitrogens is 2. The Morgan fingerprint density at radius 3 is 2.49 bits per heavy atom. The molecular formula is C25H24N4O4S2. The van der Waals surface area contributed by atoms with Gasteiger partial charge in [0.1, 0.15) is 17.2 Å². The number of hydrogen-bond donors (Lipinski definition) is 0. The van der Waals surface area contributed by atoms with Crippen molar-refractivity contribution in [2.75, 3.05) is 20.5 Å². The fourth-order valence-electron chi connectivity index (χ4n) is 4.17. The van der Waals surface area contributed by atoms with E-state index in [0.717, 1.165) is 27.4 Å². The second kappa shape index (κ2) is 9.20. The van der Waals surface area contributed by atoms with E-state index in [1.165, 1.54) is 10.7 Å². The highest BCUT2D eigenvalue weighted by Crippen LogP contribution is 2.41. The van der Waals surface area contributed by atoms with Gasteiger partial charge in [-0.3, -0.25) is 0 Å². The number of para-hydroxylation sites is 1. The molecule has 0 fully saturated rings. The van der Waals surface area contributed by atoms with E-state index >= 15 is 0 Å². The normalized spacial score (nSPS) is 15.8. The van der Waals surface area contributed by atoms with Gasteiger partial charge in [0.15, 0.2) is 0 Å². The molecular weight excluding hydrogens is 484 g/mol. The number of hydrogen-bond acceptors (Lipinski definition) is 7. The lowest BCUT2D eigenvalue weighted by Gasteiger charge is -2.20. The molecule has 1 atom stereocenters. The van der Waals surface area contributed by atoms with Gasteiger partial charge in [0, 0.05) is 29.8 Å². The molecule has 1 aliphatic rings. The molecule has 5 rings (SSSR count). The Bertz CT molecular complexity index is 1480. The van der Waals surface area contributed by atoms with Gasteiger partial charge in [0.2, 0.25) is 10.0 Å². The third-order valence-electron chi connectivity index (χ3n) is 5.81. The van der Waals surface area contributed by atoms with Crippen molar-refractivity contribution in [1.29, 1.82) is 0 Å². The van der Waals surface area contributed by atoms with Crippen LogP contribution in [0.5, 0.6) is 11.5 Å². The molecule has 3 heterocycles. The van der Waals surface area contributed by atoms with Crippen LogP contribution in [0.1, 0.15) is 23.6 Å². The van der Waals surface area contributed by atoms with Crippen molar-refractivity contribution in [3.63, 3.8) is 0 Å². The molecule has 0 bridgehead atoms. The minimum absolute atomic E-state index is 0.370. The van der Waals surface area contributed by atoms with Crippen LogP contribution in [0.3, 0.4) is 0 Å². The number of thiophene rings is 1. The van der Waals surface area contributed by atoms with E-state index in [0.29, 0.717) is 23.6 Å². The molecule has 0 aliphatic carbocycles. The third kappa shape index (κ3) is 4.42. The number of sulfonamides is 1. The summed E-state index contributed by atoms with van der Waals surface area (Å²) in [6, 6.07) is 18.5. The van der Waals surface area contributed by atoms with Gasteiger partial charge in [-0.2, -0.15) is 14.6 Å². The standard InChI is InChI=1S/C25H24N4O4S2/c1-32-18-11-12-19(23(14-18)33-2)21-15-22(29(26-21)35(3,30)31)20-16-28(17-8-5-4-6-9-17)27-25(20)24-10-7-13-34-24/h4-14,16,22H,15H2,1-3H3. The van der Waals surface area contributed by atoms with E-state index in [1.807, 2.05) is 66.2 Å². The molecule has 0 spiro atoms. The first-order valence-corrected chi connectivity index (χ1v) is 13.6. The fourth-order valence-corrected chi connectivity index (χ4v) is 5.80. The Morgan fingerprint density at radius 1 is 1.03 bits per heavy atom. The van der Waals surface area contributed by atoms with Crippen molar-refractivity contribution < 1.29 is 17.9 Å². The summed E-state index contributed by atoms with van der Waals surface area (Å²) in [5, 5.41) is 11.4. The lowest BCUT2D eigenvalue weighted by molar-refractivity contribution is 0.375. The molecule has 4 aromatic rings. The SMILES string of the molecule is COc1ccc(C2=NN(S(C)(=O)=O)C(c3cn(-c4ccccc4)nc3-c3cccs3)C2)c(OC)c1. The highest BCUT2D eigenvalue weighted by molar-refractivity contribution is 7.88. The minimum atomic E-state index is -3.67. The first-order valence-electron chi connectivity index (χ1n) is 10.9. The first kappa shape index (κ1) is 23.1. The van der Waals surface area contributed by atoms with Crippen molar-refractivity contribution in [2.24, 2.45) is 5.10 Å². The monoisotopic (exact) mass is 508 g/mol. The summed E-state index contributed by atoms with van der Waals surface area (Å²) in [4.78, 5) is 0.957. The molecule has 0 saturated carbocycles. The molecule has 10 heteroatoms. The van der Waals surface area contributed by atoms with Crippen LogP contribution in [-0.4, -0.2) is 48.8 Å². The Morgan fingerprint density at radius 2 is 1.83 bits per heavy atom. The van der Waals surface area contributed by atoms with Gasteiger partial charge in [0.05, 0.1) is 42.8 Å². The predicted molar refractivity (Wildman–Crippen MR) is 137 cm³/mol. The lowest BCUT2D eigenvalue weighted by atomic mass is 9.98. The van der Waals surface area contributed by atoms with Gasteiger partial charge in [-0.15, -0.1) is 11.3 Å². The molecule has 35 heavy (non-hydrogen) atoms. The van der Waals surface area contributed by atoms with Crippen LogP contribution < -0.4 is 9.47 Å². The predicted octanol–water partition coefficient (Wildman–Crippen LogP) is 4.73. The van der Waals surface area contributed by atoms with Crippen LogP contribution in [0.25, 0.3) is 16.3 Å². The van der Waals surface area contributed by atoms with Crippen molar-refractivity contribution in [3.8, 4) is 27.8 Å². The summed E-state index contributed by atoms with van der Waals surface area (Å²) in [5.41, 5.74) is 3.74. The number of benzene rings is 2. The topological polar surface area (TPSA) is 86.0 Å². The zero-order chi connectivity index (χ0) is 24.6. The highest BCUT2D eigenvalue weighted by atomic mass is 32.2. The van der Waals surface area contributed by atoms with Gasteiger partial charge in [-0.25, -0.2) is 13.1 Å². The Balaban J connectivity index is 1.63. The maximum atomic E-state index is 12.9. The van der Waals surface area contributed by atoms with E-state index in [9.17, 15) is 8.42 Å². The lowest BCUT2D eigenvalue weighted by Crippen LogP contribution is -2.26.